The highest BCUT2D eigenvalue weighted by molar-refractivity contribution is 7.13. The van der Waals surface area contributed by atoms with Gasteiger partial charge in [-0.15, -0.1) is 11.3 Å². The van der Waals surface area contributed by atoms with Crippen LogP contribution in [0.5, 0.6) is 11.5 Å². The summed E-state index contributed by atoms with van der Waals surface area (Å²) in [5.41, 5.74) is 1.94. The molecule has 0 saturated carbocycles. The van der Waals surface area contributed by atoms with Crippen LogP contribution in [0.3, 0.4) is 0 Å². The Kier molecular flexibility index (Phi) is 7.03. The molecule has 0 aliphatic carbocycles. The number of nitrogens with zero attached hydrogens (tertiary/aromatic N) is 1. The number of carbonyl (C=O) groups excluding carboxylic acids is 2. The molecule has 0 spiro atoms. The standard InChI is InChI=1S/C22H23N3O4S/c1-4-11-23-20(26)15-7-5-6-8-16(15)24-21(27)17-13-30-22(25-17)14-9-10-18(28-2)19(12-14)29-3/h5-10,12-13H,4,11H2,1-3H3,(H,23,26)(H,24,27). The first-order valence-corrected chi connectivity index (χ1v) is 10.3. The number of hydrogen-bond donors (Lipinski definition) is 2. The number of anilines is 1. The van der Waals surface area contributed by atoms with E-state index in [0.717, 1.165) is 12.0 Å². The van der Waals surface area contributed by atoms with Gasteiger partial charge in [0.05, 0.1) is 25.5 Å². The molecule has 0 fully saturated rings. The van der Waals surface area contributed by atoms with Crippen molar-refractivity contribution in [2.75, 3.05) is 26.1 Å². The minimum Gasteiger partial charge on any atom is -0.493 e. The molecule has 1 aromatic heterocycles. The Balaban J connectivity index is 1.79. The number of benzene rings is 2. The summed E-state index contributed by atoms with van der Waals surface area (Å²) >= 11 is 1.35. The topological polar surface area (TPSA) is 89.6 Å². The van der Waals surface area contributed by atoms with E-state index in [0.29, 0.717) is 34.3 Å². The second kappa shape index (κ2) is 9.89. The first-order valence-electron chi connectivity index (χ1n) is 9.43. The molecule has 1 heterocycles. The van der Waals surface area contributed by atoms with Crippen molar-refractivity contribution in [3.05, 3.63) is 59.1 Å². The first-order chi connectivity index (χ1) is 14.6. The third-order valence-electron chi connectivity index (χ3n) is 4.32. The van der Waals surface area contributed by atoms with Crippen LogP contribution in [-0.2, 0) is 0 Å². The van der Waals surface area contributed by atoms with Gasteiger partial charge in [0.2, 0.25) is 0 Å². The highest BCUT2D eigenvalue weighted by Gasteiger charge is 2.17. The normalized spacial score (nSPS) is 10.4. The van der Waals surface area contributed by atoms with Gasteiger partial charge < -0.3 is 20.1 Å². The van der Waals surface area contributed by atoms with Gasteiger partial charge in [0.25, 0.3) is 11.8 Å². The summed E-state index contributed by atoms with van der Waals surface area (Å²) in [6.45, 7) is 2.55. The van der Waals surface area contributed by atoms with Crippen LogP contribution in [-0.4, -0.2) is 37.6 Å². The quantitative estimate of drug-likeness (QED) is 0.564. The van der Waals surface area contributed by atoms with Crippen molar-refractivity contribution < 1.29 is 19.1 Å². The zero-order valence-electron chi connectivity index (χ0n) is 17.0. The number of thiazole rings is 1. The van der Waals surface area contributed by atoms with Gasteiger partial charge in [-0.3, -0.25) is 9.59 Å². The molecule has 2 N–H and O–H groups in total. The number of rotatable bonds is 8. The Hall–Kier alpha value is -3.39. The van der Waals surface area contributed by atoms with Crippen LogP contribution < -0.4 is 20.1 Å². The fraction of sp³-hybridized carbons (Fsp3) is 0.227. The van der Waals surface area contributed by atoms with E-state index in [2.05, 4.69) is 15.6 Å². The Bertz CT molecular complexity index is 1050. The molecule has 0 saturated heterocycles. The molecule has 3 rings (SSSR count). The fourth-order valence-corrected chi connectivity index (χ4v) is 3.59. The number of carbonyl (C=O) groups is 2. The van der Waals surface area contributed by atoms with Crippen LogP contribution in [0, 0.1) is 0 Å². The Morgan fingerprint density at radius 3 is 2.53 bits per heavy atom. The van der Waals surface area contributed by atoms with Crippen LogP contribution in [0.2, 0.25) is 0 Å². The largest absolute Gasteiger partial charge is 0.493 e. The molecular formula is C22H23N3O4S. The number of ether oxygens (including phenoxy) is 2. The molecule has 0 bridgehead atoms. The SMILES string of the molecule is CCCNC(=O)c1ccccc1NC(=O)c1csc(-c2ccc(OC)c(OC)c2)n1. The lowest BCUT2D eigenvalue weighted by atomic mass is 10.1. The second-order valence-electron chi connectivity index (χ2n) is 6.36. The van der Waals surface area contributed by atoms with E-state index >= 15 is 0 Å². The van der Waals surface area contributed by atoms with Gasteiger partial charge in [-0.05, 0) is 36.8 Å². The molecule has 8 heteroatoms. The van der Waals surface area contributed by atoms with Gasteiger partial charge in [0.1, 0.15) is 10.7 Å². The Morgan fingerprint density at radius 2 is 1.80 bits per heavy atom. The lowest BCUT2D eigenvalue weighted by Crippen LogP contribution is -2.25. The first kappa shape index (κ1) is 21.3. The molecule has 0 aliphatic heterocycles. The minimum absolute atomic E-state index is 0.225. The zero-order valence-corrected chi connectivity index (χ0v) is 17.8. The van der Waals surface area contributed by atoms with Crippen molar-refractivity contribution in [3.8, 4) is 22.1 Å². The van der Waals surface area contributed by atoms with Crippen LogP contribution >= 0.6 is 11.3 Å². The predicted molar refractivity (Wildman–Crippen MR) is 118 cm³/mol. The van der Waals surface area contributed by atoms with Gasteiger partial charge >= 0.3 is 0 Å². The number of hydrogen-bond acceptors (Lipinski definition) is 6. The van der Waals surface area contributed by atoms with E-state index in [9.17, 15) is 9.59 Å². The molecule has 156 valence electrons. The van der Waals surface area contributed by atoms with Gasteiger partial charge in [0, 0.05) is 17.5 Å². The summed E-state index contributed by atoms with van der Waals surface area (Å²) in [4.78, 5) is 29.5. The van der Waals surface area contributed by atoms with E-state index in [1.807, 2.05) is 19.1 Å². The lowest BCUT2D eigenvalue weighted by molar-refractivity contribution is 0.0954. The smallest absolute Gasteiger partial charge is 0.275 e. The number of aromatic nitrogens is 1. The molecule has 0 unspecified atom stereocenters. The molecule has 3 aromatic rings. The number of para-hydroxylation sites is 1. The molecular weight excluding hydrogens is 402 g/mol. The van der Waals surface area contributed by atoms with Crippen molar-refractivity contribution in [3.63, 3.8) is 0 Å². The van der Waals surface area contributed by atoms with Crippen molar-refractivity contribution >= 4 is 28.8 Å². The number of amides is 2. The van der Waals surface area contributed by atoms with Crippen LogP contribution in [0.25, 0.3) is 10.6 Å². The van der Waals surface area contributed by atoms with Crippen molar-refractivity contribution in [2.45, 2.75) is 13.3 Å². The third kappa shape index (κ3) is 4.77. The number of nitrogens with one attached hydrogen (secondary N) is 2. The maximum absolute atomic E-state index is 12.7. The van der Waals surface area contributed by atoms with Crippen molar-refractivity contribution in [1.82, 2.24) is 10.3 Å². The summed E-state index contributed by atoms with van der Waals surface area (Å²) in [7, 11) is 3.14. The van der Waals surface area contributed by atoms with Crippen LogP contribution in [0.1, 0.15) is 34.2 Å². The van der Waals surface area contributed by atoms with Gasteiger partial charge in [0.15, 0.2) is 11.5 Å². The third-order valence-corrected chi connectivity index (χ3v) is 5.21. The lowest BCUT2D eigenvalue weighted by Gasteiger charge is -2.10. The highest BCUT2D eigenvalue weighted by atomic mass is 32.1. The average Bonchev–Trinajstić information content (AvgIpc) is 3.27. The van der Waals surface area contributed by atoms with E-state index < -0.39 is 0 Å². The minimum atomic E-state index is -0.381. The summed E-state index contributed by atoms with van der Waals surface area (Å²) < 4.78 is 10.6. The van der Waals surface area contributed by atoms with Gasteiger partial charge in [-0.25, -0.2) is 4.98 Å². The van der Waals surface area contributed by atoms with Crippen molar-refractivity contribution in [1.29, 1.82) is 0 Å². The Morgan fingerprint density at radius 1 is 1.03 bits per heavy atom. The van der Waals surface area contributed by atoms with Gasteiger partial charge in [-0.2, -0.15) is 0 Å². The van der Waals surface area contributed by atoms with Gasteiger partial charge in [-0.1, -0.05) is 19.1 Å². The van der Waals surface area contributed by atoms with E-state index in [-0.39, 0.29) is 17.5 Å². The molecule has 2 amide bonds. The summed E-state index contributed by atoms with van der Waals surface area (Å²) in [5, 5.41) is 7.97. The second-order valence-corrected chi connectivity index (χ2v) is 7.22. The Labute approximate surface area is 179 Å². The maximum atomic E-state index is 12.7. The molecule has 0 aliphatic rings. The van der Waals surface area contributed by atoms with Crippen LogP contribution in [0.15, 0.2) is 47.8 Å². The average molecular weight is 426 g/mol. The zero-order chi connectivity index (χ0) is 21.5. The number of methoxy groups -OCH3 is 2. The maximum Gasteiger partial charge on any atom is 0.275 e. The van der Waals surface area contributed by atoms with E-state index in [4.69, 9.17) is 9.47 Å². The molecule has 30 heavy (non-hydrogen) atoms. The van der Waals surface area contributed by atoms with Crippen LogP contribution in [0.4, 0.5) is 5.69 Å². The van der Waals surface area contributed by atoms with E-state index in [1.165, 1.54) is 11.3 Å². The van der Waals surface area contributed by atoms with Crippen molar-refractivity contribution in [2.24, 2.45) is 0 Å². The highest BCUT2D eigenvalue weighted by Crippen LogP contribution is 2.33. The summed E-state index contributed by atoms with van der Waals surface area (Å²) in [5.74, 6) is 0.600. The molecule has 7 nitrogen and oxygen atoms in total. The predicted octanol–water partition coefficient (Wildman–Crippen LogP) is 4.22. The molecule has 0 radical (unpaired) electrons. The monoisotopic (exact) mass is 425 g/mol. The molecule has 0 atom stereocenters. The summed E-state index contributed by atoms with van der Waals surface area (Å²) in [6.07, 6.45) is 0.831. The summed E-state index contributed by atoms with van der Waals surface area (Å²) in [6, 6.07) is 12.4. The molecule has 2 aromatic carbocycles. The fourth-order valence-electron chi connectivity index (χ4n) is 2.79. The van der Waals surface area contributed by atoms with E-state index in [1.54, 1.807) is 49.9 Å².